The highest BCUT2D eigenvalue weighted by Gasteiger charge is 2.11. The van der Waals surface area contributed by atoms with Crippen LogP contribution in [-0.4, -0.2) is 36.8 Å². The van der Waals surface area contributed by atoms with E-state index in [4.69, 9.17) is 4.99 Å². The van der Waals surface area contributed by atoms with Gasteiger partial charge in [0.25, 0.3) is 0 Å². The Kier molecular flexibility index (Phi) is 11.0. The summed E-state index contributed by atoms with van der Waals surface area (Å²) in [4.78, 5) is 4.76. The SMILES string of the molecule is CCNC(=NCC(CCO)CC(C)C)NC(C)CCc1ccccc1. The van der Waals surface area contributed by atoms with Gasteiger partial charge in [0.05, 0.1) is 0 Å². The quantitative estimate of drug-likeness (QED) is 0.423. The van der Waals surface area contributed by atoms with Crippen molar-refractivity contribution in [1.29, 1.82) is 0 Å². The van der Waals surface area contributed by atoms with Crippen LogP contribution >= 0.6 is 0 Å². The minimum atomic E-state index is 0.240. The molecule has 0 aliphatic heterocycles. The Morgan fingerprint density at radius 2 is 1.84 bits per heavy atom. The van der Waals surface area contributed by atoms with Crippen molar-refractivity contribution in [3.63, 3.8) is 0 Å². The van der Waals surface area contributed by atoms with Gasteiger partial charge < -0.3 is 15.7 Å². The number of guanidine groups is 1. The van der Waals surface area contributed by atoms with Crippen LogP contribution in [0.5, 0.6) is 0 Å². The average Bonchev–Trinajstić information content (AvgIpc) is 2.58. The highest BCUT2D eigenvalue weighted by Crippen LogP contribution is 2.15. The Morgan fingerprint density at radius 1 is 1.12 bits per heavy atom. The monoisotopic (exact) mass is 347 g/mol. The van der Waals surface area contributed by atoms with Crippen LogP contribution in [0.2, 0.25) is 0 Å². The lowest BCUT2D eigenvalue weighted by Crippen LogP contribution is -2.42. The van der Waals surface area contributed by atoms with Crippen molar-refractivity contribution < 1.29 is 5.11 Å². The van der Waals surface area contributed by atoms with Crippen LogP contribution in [0.3, 0.4) is 0 Å². The molecule has 0 aliphatic rings. The largest absolute Gasteiger partial charge is 0.396 e. The summed E-state index contributed by atoms with van der Waals surface area (Å²) in [6, 6.07) is 11.0. The first-order valence-corrected chi connectivity index (χ1v) is 9.74. The first-order valence-electron chi connectivity index (χ1n) is 9.74. The number of nitrogens with one attached hydrogen (secondary N) is 2. The predicted molar refractivity (Wildman–Crippen MR) is 108 cm³/mol. The second-order valence-corrected chi connectivity index (χ2v) is 7.30. The van der Waals surface area contributed by atoms with E-state index in [1.165, 1.54) is 5.56 Å². The van der Waals surface area contributed by atoms with Crippen molar-refractivity contribution >= 4 is 5.96 Å². The maximum atomic E-state index is 9.26. The Hall–Kier alpha value is -1.55. The maximum absolute atomic E-state index is 9.26. The molecular weight excluding hydrogens is 310 g/mol. The summed E-state index contributed by atoms with van der Waals surface area (Å²) in [6.07, 6.45) is 4.06. The molecule has 25 heavy (non-hydrogen) atoms. The van der Waals surface area contributed by atoms with E-state index < -0.39 is 0 Å². The van der Waals surface area contributed by atoms with Gasteiger partial charge in [0, 0.05) is 25.7 Å². The lowest BCUT2D eigenvalue weighted by molar-refractivity contribution is 0.245. The van der Waals surface area contributed by atoms with Crippen molar-refractivity contribution in [1.82, 2.24) is 10.6 Å². The number of hydrogen-bond donors (Lipinski definition) is 3. The number of rotatable bonds is 11. The Morgan fingerprint density at radius 3 is 2.44 bits per heavy atom. The standard InChI is InChI=1S/C21H37N3O/c1-5-22-21(23-16-20(13-14-25)15-17(2)3)24-18(4)11-12-19-9-7-6-8-10-19/h6-10,17-18,20,25H,5,11-16H2,1-4H3,(H2,22,23,24). The third-order valence-corrected chi connectivity index (χ3v) is 4.29. The summed E-state index contributed by atoms with van der Waals surface area (Å²) >= 11 is 0. The lowest BCUT2D eigenvalue weighted by atomic mass is 9.94. The number of nitrogens with zero attached hydrogens (tertiary/aromatic N) is 1. The maximum Gasteiger partial charge on any atom is 0.191 e. The first kappa shape index (κ1) is 21.5. The van der Waals surface area contributed by atoms with Crippen LogP contribution in [0.4, 0.5) is 0 Å². The van der Waals surface area contributed by atoms with Crippen molar-refractivity contribution in [2.24, 2.45) is 16.8 Å². The summed E-state index contributed by atoms with van der Waals surface area (Å²) in [5.41, 5.74) is 1.37. The van der Waals surface area contributed by atoms with Gasteiger partial charge in [0.15, 0.2) is 5.96 Å². The number of hydrogen-bond acceptors (Lipinski definition) is 2. The van der Waals surface area contributed by atoms with E-state index in [2.05, 4.69) is 68.7 Å². The van der Waals surface area contributed by atoms with Gasteiger partial charge in [0.2, 0.25) is 0 Å². The molecule has 0 saturated carbocycles. The fourth-order valence-corrected chi connectivity index (χ4v) is 3.01. The first-order chi connectivity index (χ1) is 12.0. The molecule has 142 valence electrons. The van der Waals surface area contributed by atoms with Gasteiger partial charge >= 0.3 is 0 Å². The van der Waals surface area contributed by atoms with Gasteiger partial charge in [-0.3, -0.25) is 4.99 Å². The second kappa shape index (κ2) is 12.8. The zero-order valence-corrected chi connectivity index (χ0v) is 16.5. The van der Waals surface area contributed by atoms with Gasteiger partial charge in [-0.2, -0.15) is 0 Å². The van der Waals surface area contributed by atoms with Gasteiger partial charge in [0.1, 0.15) is 0 Å². The van der Waals surface area contributed by atoms with Gasteiger partial charge in [-0.25, -0.2) is 0 Å². The van der Waals surface area contributed by atoms with E-state index in [0.717, 1.165) is 44.7 Å². The molecule has 1 aromatic rings. The Balaban J connectivity index is 2.52. The van der Waals surface area contributed by atoms with Gasteiger partial charge in [-0.1, -0.05) is 44.2 Å². The molecule has 2 atom stereocenters. The van der Waals surface area contributed by atoms with Gasteiger partial charge in [-0.15, -0.1) is 0 Å². The fourth-order valence-electron chi connectivity index (χ4n) is 3.01. The summed E-state index contributed by atoms with van der Waals surface area (Å²) in [5, 5.41) is 16.1. The van der Waals surface area contributed by atoms with E-state index in [1.807, 2.05) is 0 Å². The van der Waals surface area contributed by atoms with E-state index >= 15 is 0 Å². The van der Waals surface area contributed by atoms with Crippen LogP contribution < -0.4 is 10.6 Å². The van der Waals surface area contributed by atoms with Crippen LogP contribution in [0.1, 0.15) is 52.5 Å². The van der Waals surface area contributed by atoms with Crippen molar-refractivity contribution in [2.75, 3.05) is 19.7 Å². The fraction of sp³-hybridized carbons (Fsp3) is 0.667. The van der Waals surface area contributed by atoms with Crippen LogP contribution in [0, 0.1) is 11.8 Å². The average molecular weight is 348 g/mol. The molecule has 0 radical (unpaired) electrons. The molecule has 0 aromatic heterocycles. The van der Waals surface area contributed by atoms with Crippen molar-refractivity contribution in [2.45, 2.75) is 59.4 Å². The van der Waals surface area contributed by atoms with Crippen molar-refractivity contribution in [3.8, 4) is 0 Å². The second-order valence-electron chi connectivity index (χ2n) is 7.30. The molecule has 0 bridgehead atoms. The molecule has 0 heterocycles. The minimum Gasteiger partial charge on any atom is -0.396 e. The summed E-state index contributed by atoms with van der Waals surface area (Å²) < 4.78 is 0. The molecule has 0 fully saturated rings. The highest BCUT2D eigenvalue weighted by molar-refractivity contribution is 5.80. The number of aliphatic hydroxyl groups is 1. The zero-order valence-electron chi connectivity index (χ0n) is 16.5. The van der Waals surface area contributed by atoms with Crippen LogP contribution in [0.25, 0.3) is 0 Å². The summed E-state index contributed by atoms with van der Waals surface area (Å²) in [7, 11) is 0. The van der Waals surface area contributed by atoms with Crippen LogP contribution in [0.15, 0.2) is 35.3 Å². The molecule has 1 aromatic carbocycles. The van der Waals surface area contributed by atoms with Crippen molar-refractivity contribution in [3.05, 3.63) is 35.9 Å². The van der Waals surface area contributed by atoms with E-state index in [-0.39, 0.29) is 6.61 Å². The molecule has 0 aliphatic carbocycles. The molecule has 1 rings (SSSR count). The normalized spacial score (nSPS) is 14.4. The zero-order chi connectivity index (χ0) is 18.5. The molecule has 0 spiro atoms. The highest BCUT2D eigenvalue weighted by atomic mass is 16.3. The Bertz CT molecular complexity index is 473. The van der Waals surface area contributed by atoms with E-state index in [1.54, 1.807) is 0 Å². The van der Waals surface area contributed by atoms with E-state index in [0.29, 0.717) is 17.9 Å². The molecule has 2 unspecified atom stereocenters. The number of aryl methyl sites for hydroxylation is 1. The third-order valence-electron chi connectivity index (χ3n) is 4.29. The van der Waals surface area contributed by atoms with Crippen LogP contribution in [-0.2, 0) is 6.42 Å². The van der Waals surface area contributed by atoms with Gasteiger partial charge in [-0.05, 0) is 56.9 Å². The molecule has 0 saturated heterocycles. The summed E-state index contributed by atoms with van der Waals surface area (Å²) in [5.74, 6) is 1.96. The molecule has 0 amide bonds. The van der Waals surface area contributed by atoms with E-state index in [9.17, 15) is 5.11 Å². The smallest absolute Gasteiger partial charge is 0.191 e. The number of benzene rings is 1. The molecule has 3 N–H and O–H groups in total. The Labute approximate surface area is 154 Å². The predicted octanol–water partition coefficient (Wildman–Crippen LogP) is 3.61. The minimum absolute atomic E-state index is 0.240. The summed E-state index contributed by atoms with van der Waals surface area (Å²) in [6.45, 7) is 10.6. The number of aliphatic hydroxyl groups excluding tert-OH is 1. The topological polar surface area (TPSA) is 56.7 Å². The lowest BCUT2D eigenvalue weighted by Gasteiger charge is -2.20. The molecule has 4 heteroatoms. The third kappa shape index (κ3) is 10.1. The molecular formula is C21H37N3O. The molecule has 4 nitrogen and oxygen atoms in total. The number of aliphatic imine (C=N–C) groups is 1.